The van der Waals surface area contributed by atoms with Crippen LogP contribution >= 0.6 is 0 Å². The summed E-state index contributed by atoms with van der Waals surface area (Å²) in [5.74, 6) is 1.97. The van der Waals surface area contributed by atoms with Gasteiger partial charge in [0.05, 0.1) is 25.5 Å². The topological polar surface area (TPSA) is 78.0 Å². The van der Waals surface area contributed by atoms with Crippen LogP contribution in [0.1, 0.15) is 57.3 Å². The number of rotatable bonds is 4. The van der Waals surface area contributed by atoms with Gasteiger partial charge in [-0.15, -0.1) is 0 Å². The molecular weight excluding hydrogens is 370 g/mol. The molecule has 156 valence electrons. The summed E-state index contributed by atoms with van der Waals surface area (Å²) in [6.07, 6.45) is 3.04. The van der Waals surface area contributed by atoms with Gasteiger partial charge in [0.1, 0.15) is 6.04 Å². The first-order valence-electron chi connectivity index (χ1n) is 10.4. The largest absolute Gasteiger partial charge is 0.490 e. The van der Waals surface area contributed by atoms with Crippen molar-refractivity contribution >= 4 is 11.8 Å². The van der Waals surface area contributed by atoms with E-state index in [0.717, 1.165) is 43.0 Å². The molecule has 1 amide bonds. The number of amides is 1. The number of hydrogen-bond donors (Lipinski definition) is 2. The Morgan fingerprint density at radius 2 is 1.97 bits per heavy atom. The van der Waals surface area contributed by atoms with Crippen molar-refractivity contribution in [2.24, 2.45) is 0 Å². The maximum Gasteiger partial charge on any atom is 0.281 e. The lowest BCUT2D eigenvalue weighted by atomic mass is 9.92. The second-order valence-electron chi connectivity index (χ2n) is 8.91. The number of quaternary nitrogens is 1. The van der Waals surface area contributed by atoms with Gasteiger partial charge in [0.25, 0.3) is 5.91 Å². The van der Waals surface area contributed by atoms with E-state index in [1.54, 1.807) is 6.07 Å². The van der Waals surface area contributed by atoms with Crippen LogP contribution in [0.5, 0.6) is 11.5 Å². The fourth-order valence-corrected chi connectivity index (χ4v) is 4.00. The van der Waals surface area contributed by atoms with Crippen LogP contribution in [0, 0.1) is 0 Å². The molecule has 7 nitrogen and oxygen atoms in total. The van der Waals surface area contributed by atoms with Gasteiger partial charge in [-0.3, -0.25) is 10.1 Å². The highest BCUT2D eigenvalue weighted by atomic mass is 16.5. The molecule has 0 radical (unpaired) electrons. The number of aromatic nitrogens is 1. The van der Waals surface area contributed by atoms with E-state index >= 15 is 0 Å². The van der Waals surface area contributed by atoms with Crippen LogP contribution in [-0.2, 0) is 10.2 Å². The lowest BCUT2D eigenvalue weighted by Crippen LogP contribution is -3.11. The van der Waals surface area contributed by atoms with Gasteiger partial charge >= 0.3 is 0 Å². The summed E-state index contributed by atoms with van der Waals surface area (Å²) in [7, 11) is 0. The van der Waals surface area contributed by atoms with E-state index in [4.69, 9.17) is 14.0 Å². The van der Waals surface area contributed by atoms with E-state index in [-0.39, 0.29) is 17.4 Å². The fraction of sp³-hybridized carbons (Fsp3) is 0.545. The van der Waals surface area contributed by atoms with Crippen molar-refractivity contribution in [1.29, 1.82) is 0 Å². The molecule has 1 fully saturated rings. The average molecular weight is 400 g/mol. The van der Waals surface area contributed by atoms with Crippen LogP contribution in [0.2, 0.25) is 0 Å². The molecule has 7 heteroatoms. The van der Waals surface area contributed by atoms with Crippen LogP contribution in [0.15, 0.2) is 28.8 Å². The van der Waals surface area contributed by atoms with E-state index in [1.807, 2.05) is 6.07 Å². The summed E-state index contributed by atoms with van der Waals surface area (Å²) in [6, 6.07) is 8.26. The molecule has 3 heterocycles. The molecule has 1 saturated heterocycles. The lowest BCUT2D eigenvalue weighted by Gasteiger charge is -2.22. The number of likely N-dealkylation sites (tertiary alicyclic amines) is 1. The molecule has 1 aromatic carbocycles. The van der Waals surface area contributed by atoms with Crippen molar-refractivity contribution in [3.63, 3.8) is 0 Å². The normalized spacial score (nSPS) is 21.6. The van der Waals surface area contributed by atoms with Crippen molar-refractivity contribution in [2.45, 2.75) is 51.5 Å². The summed E-state index contributed by atoms with van der Waals surface area (Å²) in [5, 5.41) is 6.92. The second kappa shape index (κ2) is 8.06. The third-order valence-electron chi connectivity index (χ3n) is 5.59. The zero-order chi connectivity index (χ0) is 20.4. The molecule has 1 aromatic heterocycles. The molecule has 2 atom stereocenters. The highest BCUT2D eigenvalue weighted by molar-refractivity contribution is 5.90. The highest BCUT2D eigenvalue weighted by Gasteiger charge is 2.32. The Labute approximate surface area is 171 Å². The fourth-order valence-electron chi connectivity index (χ4n) is 4.00. The Kier molecular flexibility index (Phi) is 5.50. The smallest absolute Gasteiger partial charge is 0.281 e. The molecule has 0 spiro atoms. The standard InChI is InChI=1S/C22H29N3O4/c1-22(2,3)19-13-21(29-24-19)23-20(26)14-25-9-4-6-16(25)15-7-8-17-18(12-15)28-11-5-10-27-17/h7-8,12-13,16H,4-6,9-11,14H2,1-3H3,(H,23,26)/p+1/t16-/m0/s1. The minimum Gasteiger partial charge on any atom is -0.490 e. The molecular formula is C22H30N3O4+. The molecule has 2 aromatic rings. The first kappa shape index (κ1) is 19.8. The van der Waals surface area contributed by atoms with Gasteiger partial charge in [0.15, 0.2) is 18.0 Å². The van der Waals surface area contributed by atoms with Gasteiger partial charge in [-0.1, -0.05) is 25.9 Å². The van der Waals surface area contributed by atoms with Gasteiger partial charge in [-0.2, -0.15) is 0 Å². The van der Waals surface area contributed by atoms with Gasteiger partial charge in [0.2, 0.25) is 5.88 Å². The van der Waals surface area contributed by atoms with E-state index in [2.05, 4.69) is 43.4 Å². The Balaban J connectivity index is 1.41. The summed E-state index contributed by atoms with van der Waals surface area (Å²) in [6.45, 7) is 8.90. The third kappa shape index (κ3) is 4.56. The third-order valence-corrected chi connectivity index (χ3v) is 5.59. The van der Waals surface area contributed by atoms with E-state index in [0.29, 0.717) is 25.6 Å². The van der Waals surface area contributed by atoms with Crippen molar-refractivity contribution in [1.82, 2.24) is 5.16 Å². The maximum absolute atomic E-state index is 12.6. The van der Waals surface area contributed by atoms with Crippen LogP contribution in [0.25, 0.3) is 0 Å². The molecule has 29 heavy (non-hydrogen) atoms. The molecule has 4 rings (SSSR count). The Bertz CT molecular complexity index is 871. The Morgan fingerprint density at radius 1 is 1.17 bits per heavy atom. The van der Waals surface area contributed by atoms with E-state index in [9.17, 15) is 4.79 Å². The number of fused-ring (bicyclic) bond motifs is 1. The number of carbonyl (C=O) groups is 1. The molecule has 2 N–H and O–H groups in total. The first-order chi connectivity index (χ1) is 13.9. The number of nitrogens with zero attached hydrogens (tertiary/aromatic N) is 1. The molecule has 1 unspecified atom stereocenters. The minimum absolute atomic E-state index is 0.0575. The maximum atomic E-state index is 12.6. The van der Waals surface area contributed by atoms with Crippen LogP contribution in [0.4, 0.5) is 5.88 Å². The van der Waals surface area contributed by atoms with E-state index < -0.39 is 0 Å². The molecule has 0 aliphatic carbocycles. The van der Waals surface area contributed by atoms with Crippen molar-refractivity contribution in [3.05, 3.63) is 35.5 Å². The van der Waals surface area contributed by atoms with Crippen LogP contribution in [-0.4, -0.2) is 37.4 Å². The zero-order valence-electron chi connectivity index (χ0n) is 17.4. The van der Waals surface area contributed by atoms with Gasteiger partial charge in [-0.25, -0.2) is 0 Å². The summed E-state index contributed by atoms with van der Waals surface area (Å²) < 4.78 is 16.9. The van der Waals surface area contributed by atoms with Crippen molar-refractivity contribution < 1.29 is 23.7 Å². The van der Waals surface area contributed by atoms with E-state index in [1.165, 1.54) is 10.5 Å². The van der Waals surface area contributed by atoms with Crippen LogP contribution in [0.3, 0.4) is 0 Å². The number of carbonyl (C=O) groups excluding carboxylic acids is 1. The highest BCUT2D eigenvalue weighted by Crippen LogP contribution is 2.33. The summed E-state index contributed by atoms with van der Waals surface area (Å²) in [5.41, 5.74) is 1.91. The first-order valence-corrected chi connectivity index (χ1v) is 10.4. The number of anilines is 1. The summed E-state index contributed by atoms with van der Waals surface area (Å²) in [4.78, 5) is 13.9. The average Bonchev–Trinajstić information content (AvgIpc) is 3.25. The number of benzene rings is 1. The number of ether oxygens (including phenoxy) is 2. The molecule has 0 saturated carbocycles. The van der Waals surface area contributed by atoms with Gasteiger partial charge < -0.3 is 18.9 Å². The molecule has 2 aliphatic heterocycles. The lowest BCUT2D eigenvalue weighted by molar-refractivity contribution is -0.910. The predicted molar refractivity (Wildman–Crippen MR) is 109 cm³/mol. The Morgan fingerprint density at radius 3 is 2.72 bits per heavy atom. The predicted octanol–water partition coefficient (Wildman–Crippen LogP) is 2.49. The molecule has 2 aliphatic rings. The minimum atomic E-state index is -0.116. The quantitative estimate of drug-likeness (QED) is 0.825. The monoisotopic (exact) mass is 400 g/mol. The van der Waals surface area contributed by atoms with Gasteiger partial charge in [-0.05, 0) is 18.2 Å². The second-order valence-corrected chi connectivity index (χ2v) is 8.91. The zero-order valence-corrected chi connectivity index (χ0v) is 17.4. The van der Waals surface area contributed by atoms with Crippen LogP contribution < -0.4 is 19.7 Å². The van der Waals surface area contributed by atoms with Gasteiger partial charge in [0, 0.05) is 36.3 Å². The summed E-state index contributed by atoms with van der Waals surface area (Å²) >= 11 is 0. The Hall–Kier alpha value is -2.54. The SMILES string of the molecule is CC(C)(C)c1cc(NC(=O)C[NH+]2CCC[C@H]2c2ccc3c(c2)OCCCO3)on1. The number of nitrogens with one attached hydrogen (secondary N) is 2. The molecule has 0 bridgehead atoms. The number of hydrogen-bond acceptors (Lipinski definition) is 5. The van der Waals surface area contributed by atoms with Crippen molar-refractivity contribution in [2.75, 3.05) is 31.6 Å². The van der Waals surface area contributed by atoms with Crippen molar-refractivity contribution in [3.8, 4) is 11.5 Å².